The topological polar surface area (TPSA) is 0 Å². The molecule has 8 heavy (non-hydrogen) atoms. The van der Waals surface area contributed by atoms with Crippen LogP contribution in [0.15, 0.2) is 9.91 Å². The average molecular weight is 228 g/mol. The zero-order chi connectivity index (χ0) is 6.78. The highest BCUT2D eigenvalue weighted by Gasteiger charge is 2.15. The highest BCUT2D eigenvalue weighted by Crippen LogP contribution is 2.26. The van der Waals surface area contributed by atoms with Gasteiger partial charge in [-0.2, -0.15) is 0 Å². The Kier molecular flexibility index (Phi) is 2.94. The lowest BCUT2D eigenvalue weighted by atomic mass is 9.96. The van der Waals surface area contributed by atoms with Crippen LogP contribution in [0.4, 0.5) is 4.39 Å². The Labute approximate surface area is 63.3 Å². The first kappa shape index (κ1) is 8.40. The van der Waals surface area contributed by atoms with Crippen LogP contribution in [-0.2, 0) is 0 Å². The van der Waals surface area contributed by atoms with Crippen LogP contribution in [0.2, 0.25) is 0 Å². The molecule has 0 heterocycles. The lowest BCUT2D eigenvalue weighted by Gasteiger charge is -2.13. The fourth-order valence-electron chi connectivity index (χ4n) is 0.164. The minimum absolute atomic E-state index is 0.0573. The molecule has 48 valence electrons. The first-order valence-corrected chi connectivity index (χ1v) is 3.69. The number of hydrogen-bond acceptors (Lipinski definition) is 0. The molecule has 0 fully saturated rings. The Hall–Kier alpha value is 0.400. The monoisotopic (exact) mass is 228 g/mol. The van der Waals surface area contributed by atoms with Gasteiger partial charge in [0.05, 0.1) is 0 Å². The van der Waals surface area contributed by atoms with E-state index in [4.69, 9.17) is 0 Å². The normalized spacial score (nSPS) is 14.4. The zero-order valence-corrected chi connectivity index (χ0v) is 7.49. The van der Waals surface area contributed by atoms with E-state index in [0.29, 0.717) is 0 Å². The summed E-state index contributed by atoms with van der Waals surface area (Å²) in [6, 6.07) is 0. The van der Waals surface area contributed by atoms with Gasteiger partial charge in [-0.25, -0.2) is 4.39 Å². The van der Waals surface area contributed by atoms with Gasteiger partial charge in [0.25, 0.3) is 0 Å². The van der Waals surface area contributed by atoms with E-state index in [2.05, 4.69) is 0 Å². The van der Waals surface area contributed by atoms with E-state index < -0.39 is 0 Å². The third-order valence-electron chi connectivity index (χ3n) is 0.812. The summed E-state index contributed by atoms with van der Waals surface area (Å²) in [6.45, 7) is 5.53. The molecule has 0 saturated carbocycles. The first-order chi connectivity index (χ1) is 3.48. The largest absolute Gasteiger partial charge is 0.211 e. The van der Waals surface area contributed by atoms with E-state index in [0.717, 1.165) is 0 Å². The van der Waals surface area contributed by atoms with Gasteiger partial charge < -0.3 is 0 Å². The third-order valence-corrected chi connectivity index (χ3v) is 1.36. The van der Waals surface area contributed by atoms with Crippen LogP contribution in [0.5, 0.6) is 0 Å². The average Bonchev–Trinajstić information content (AvgIpc) is 1.62. The molecule has 0 saturated heterocycles. The predicted octanol–water partition coefficient (Wildman–Crippen LogP) is 3.28. The Bertz CT molecular complexity index is 99.6. The summed E-state index contributed by atoms with van der Waals surface area (Å²) >= 11 is 1.90. The number of allylic oxidation sites excluding steroid dienone is 1. The molecule has 0 aliphatic carbocycles. The molecule has 0 aliphatic heterocycles. The molecule has 2 heteroatoms. The van der Waals surface area contributed by atoms with Gasteiger partial charge >= 0.3 is 0 Å². The van der Waals surface area contributed by atoms with Crippen molar-refractivity contribution in [3.8, 4) is 0 Å². The molecule has 0 N–H and O–H groups in total. The minimum atomic E-state index is -0.304. The van der Waals surface area contributed by atoms with Crippen LogP contribution in [0.25, 0.3) is 0 Å². The van der Waals surface area contributed by atoms with Gasteiger partial charge in [0.1, 0.15) is 5.83 Å². The summed E-state index contributed by atoms with van der Waals surface area (Å²) in [6.07, 6.45) is 0. The predicted molar refractivity (Wildman–Crippen MR) is 42.7 cm³/mol. The van der Waals surface area contributed by atoms with Crippen molar-refractivity contribution in [3.63, 3.8) is 0 Å². The Morgan fingerprint density at radius 1 is 1.50 bits per heavy atom. The fourth-order valence-corrected chi connectivity index (χ4v) is 1.10. The summed E-state index contributed by atoms with van der Waals surface area (Å²) in [7, 11) is 0. The van der Waals surface area contributed by atoms with Gasteiger partial charge in [-0.15, -0.1) is 0 Å². The van der Waals surface area contributed by atoms with Gasteiger partial charge in [0.2, 0.25) is 0 Å². The van der Waals surface area contributed by atoms with Gasteiger partial charge in [0.15, 0.2) is 0 Å². The van der Waals surface area contributed by atoms with Crippen LogP contribution in [0, 0.1) is 5.41 Å². The molecule has 0 nitrogen and oxygen atoms in total. The van der Waals surface area contributed by atoms with Gasteiger partial charge in [-0.3, -0.25) is 0 Å². The van der Waals surface area contributed by atoms with Gasteiger partial charge in [0, 0.05) is 9.50 Å². The molecule has 0 aromatic heterocycles. The lowest BCUT2D eigenvalue weighted by molar-refractivity contribution is 0.386. The molecule has 0 bridgehead atoms. The summed E-state index contributed by atoms with van der Waals surface area (Å²) in [5.41, 5.74) is -0.304. The molecule has 0 rings (SSSR count). The summed E-state index contributed by atoms with van der Waals surface area (Å²) in [5.74, 6) is -0.0573. The number of hydrogen-bond donors (Lipinski definition) is 0. The maximum Gasteiger partial charge on any atom is 0.111 e. The highest BCUT2D eigenvalue weighted by atomic mass is 127. The standard InChI is InChI=1S/C6H10FI/c1-6(2,3)5(7)4-8/h4H,1-3H3/b5-4+. The fraction of sp³-hybridized carbons (Fsp3) is 0.667. The van der Waals surface area contributed by atoms with Crippen LogP contribution in [-0.4, -0.2) is 0 Å². The van der Waals surface area contributed by atoms with Crippen molar-refractivity contribution in [1.29, 1.82) is 0 Å². The Balaban J connectivity index is 4.03. The van der Waals surface area contributed by atoms with Crippen molar-refractivity contribution in [1.82, 2.24) is 0 Å². The molecule has 0 atom stereocenters. The van der Waals surface area contributed by atoms with Crippen LogP contribution in [0.3, 0.4) is 0 Å². The Morgan fingerprint density at radius 2 is 1.88 bits per heavy atom. The van der Waals surface area contributed by atoms with E-state index in [-0.39, 0.29) is 11.2 Å². The number of halogens is 2. The van der Waals surface area contributed by atoms with Gasteiger partial charge in [-0.05, 0) is 0 Å². The maximum atomic E-state index is 12.5. The molecular formula is C6H10FI. The molecule has 0 amide bonds. The van der Waals surface area contributed by atoms with Crippen molar-refractivity contribution >= 4 is 22.6 Å². The lowest BCUT2D eigenvalue weighted by Crippen LogP contribution is -2.04. The molecule has 0 aliphatic rings. The molecule has 0 aromatic carbocycles. The summed E-state index contributed by atoms with van der Waals surface area (Å²) in [4.78, 5) is 0. The second kappa shape index (κ2) is 2.80. The van der Waals surface area contributed by atoms with Crippen LogP contribution in [0.1, 0.15) is 20.8 Å². The quantitative estimate of drug-likeness (QED) is 0.558. The molecule has 0 unspecified atom stereocenters. The summed E-state index contributed by atoms with van der Waals surface area (Å²) in [5, 5.41) is 0. The van der Waals surface area contributed by atoms with Crippen LogP contribution < -0.4 is 0 Å². The van der Waals surface area contributed by atoms with Crippen molar-refractivity contribution in [2.24, 2.45) is 5.41 Å². The highest BCUT2D eigenvalue weighted by molar-refractivity contribution is 14.1. The number of rotatable bonds is 0. The smallest absolute Gasteiger partial charge is 0.111 e. The van der Waals surface area contributed by atoms with E-state index in [1.54, 1.807) is 0 Å². The molecule has 0 spiro atoms. The SMILES string of the molecule is CC(C)(C)/C(F)=C\I. The maximum absolute atomic E-state index is 12.5. The second-order valence-electron chi connectivity index (χ2n) is 2.71. The zero-order valence-electron chi connectivity index (χ0n) is 5.33. The molecular weight excluding hydrogens is 218 g/mol. The third kappa shape index (κ3) is 2.64. The summed E-state index contributed by atoms with van der Waals surface area (Å²) < 4.78 is 14.0. The van der Waals surface area contributed by atoms with E-state index >= 15 is 0 Å². The van der Waals surface area contributed by atoms with E-state index in [1.165, 1.54) is 4.08 Å². The van der Waals surface area contributed by atoms with Crippen molar-refractivity contribution in [3.05, 3.63) is 9.91 Å². The second-order valence-corrected chi connectivity index (χ2v) is 3.33. The molecule has 0 radical (unpaired) electrons. The molecule has 0 aromatic rings. The minimum Gasteiger partial charge on any atom is -0.211 e. The van der Waals surface area contributed by atoms with Crippen LogP contribution >= 0.6 is 22.6 Å². The first-order valence-electron chi connectivity index (χ1n) is 2.45. The van der Waals surface area contributed by atoms with E-state index in [9.17, 15) is 4.39 Å². The van der Waals surface area contributed by atoms with E-state index in [1.807, 2.05) is 43.4 Å². The van der Waals surface area contributed by atoms with Crippen molar-refractivity contribution in [2.75, 3.05) is 0 Å². The van der Waals surface area contributed by atoms with Crippen molar-refractivity contribution in [2.45, 2.75) is 20.8 Å². The van der Waals surface area contributed by atoms with Crippen molar-refractivity contribution < 1.29 is 4.39 Å². The van der Waals surface area contributed by atoms with Gasteiger partial charge in [-0.1, -0.05) is 43.4 Å². The Morgan fingerprint density at radius 3 is 1.88 bits per heavy atom.